The monoisotopic (exact) mass is 389 g/mol. The van der Waals surface area contributed by atoms with Crippen LogP contribution in [0.1, 0.15) is 5.56 Å². The SMILES string of the molecule is CN(C)[C@H](Cc1ccccc1)C(=O)N1CCN(c2ncnc3ccccc23)CC1. The van der Waals surface area contributed by atoms with Gasteiger partial charge in [0.25, 0.3) is 0 Å². The first-order valence-corrected chi connectivity index (χ1v) is 10.1. The Labute approximate surface area is 171 Å². The van der Waals surface area contributed by atoms with Crippen LogP contribution in [0.15, 0.2) is 60.9 Å². The summed E-state index contributed by atoms with van der Waals surface area (Å²) in [6, 6.07) is 18.1. The summed E-state index contributed by atoms with van der Waals surface area (Å²) in [5, 5.41) is 1.06. The molecule has 2 aromatic carbocycles. The average molecular weight is 390 g/mol. The van der Waals surface area contributed by atoms with E-state index < -0.39 is 0 Å². The summed E-state index contributed by atoms with van der Waals surface area (Å²) in [6.45, 7) is 2.96. The third kappa shape index (κ3) is 4.22. The van der Waals surface area contributed by atoms with Gasteiger partial charge >= 0.3 is 0 Å². The van der Waals surface area contributed by atoms with Gasteiger partial charge in [0.05, 0.1) is 11.6 Å². The predicted molar refractivity (Wildman–Crippen MR) is 116 cm³/mol. The number of piperazine rings is 1. The fourth-order valence-electron chi connectivity index (χ4n) is 3.92. The van der Waals surface area contributed by atoms with E-state index >= 15 is 0 Å². The highest BCUT2D eigenvalue weighted by Crippen LogP contribution is 2.24. The number of rotatable bonds is 5. The van der Waals surface area contributed by atoms with Gasteiger partial charge in [-0.2, -0.15) is 0 Å². The topological polar surface area (TPSA) is 52.6 Å². The molecule has 0 N–H and O–H groups in total. The highest BCUT2D eigenvalue weighted by molar-refractivity contribution is 5.89. The highest BCUT2D eigenvalue weighted by Gasteiger charge is 2.29. The molecule has 150 valence electrons. The van der Waals surface area contributed by atoms with Crippen LogP contribution in [0.4, 0.5) is 5.82 Å². The van der Waals surface area contributed by atoms with E-state index in [1.807, 2.05) is 60.3 Å². The quantitative estimate of drug-likeness (QED) is 0.671. The molecule has 1 amide bonds. The third-order valence-electron chi connectivity index (χ3n) is 5.59. The summed E-state index contributed by atoms with van der Waals surface area (Å²) in [5.41, 5.74) is 2.14. The van der Waals surface area contributed by atoms with Crippen LogP contribution in [-0.4, -0.2) is 72.0 Å². The van der Waals surface area contributed by atoms with Crippen LogP contribution >= 0.6 is 0 Å². The van der Waals surface area contributed by atoms with Gasteiger partial charge in [0.2, 0.25) is 5.91 Å². The van der Waals surface area contributed by atoms with Crippen molar-refractivity contribution in [3.8, 4) is 0 Å². The number of para-hydroxylation sites is 1. The molecule has 1 saturated heterocycles. The molecule has 0 aliphatic carbocycles. The van der Waals surface area contributed by atoms with Crippen LogP contribution in [0, 0.1) is 0 Å². The second-order valence-electron chi connectivity index (χ2n) is 7.70. The van der Waals surface area contributed by atoms with Crippen LogP contribution < -0.4 is 4.90 Å². The minimum absolute atomic E-state index is 0.149. The van der Waals surface area contributed by atoms with Crippen molar-refractivity contribution in [3.63, 3.8) is 0 Å². The van der Waals surface area contributed by atoms with E-state index in [4.69, 9.17) is 0 Å². The van der Waals surface area contributed by atoms with Gasteiger partial charge in [-0.25, -0.2) is 9.97 Å². The van der Waals surface area contributed by atoms with Gasteiger partial charge in [0, 0.05) is 31.6 Å². The van der Waals surface area contributed by atoms with Crippen LogP contribution in [0.25, 0.3) is 10.9 Å². The lowest BCUT2D eigenvalue weighted by atomic mass is 10.0. The Morgan fingerprint density at radius 3 is 2.38 bits per heavy atom. The largest absolute Gasteiger partial charge is 0.352 e. The zero-order chi connectivity index (χ0) is 20.2. The Kier molecular flexibility index (Phi) is 5.71. The first-order valence-electron chi connectivity index (χ1n) is 10.1. The minimum Gasteiger partial charge on any atom is -0.352 e. The maximum absolute atomic E-state index is 13.2. The molecule has 1 atom stereocenters. The molecule has 1 aliphatic rings. The molecule has 6 nitrogen and oxygen atoms in total. The molecule has 1 fully saturated rings. The standard InChI is InChI=1S/C23H27N5O/c1-26(2)21(16-18-8-4-3-5-9-18)23(29)28-14-12-27(13-15-28)22-19-10-6-7-11-20(19)24-17-25-22/h3-11,17,21H,12-16H2,1-2H3/t21-/m1/s1. The van der Waals surface area contributed by atoms with Crippen LogP contribution in [0.2, 0.25) is 0 Å². The smallest absolute Gasteiger partial charge is 0.240 e. The van der Waals surface area contributed by atoms with E-state index in [1.165, 1.54) is 5.56 Å². The Bertz CT molecular complexity index is 962. The van der Waals surface area contributed by atoms with Crippen molar-refractivity contribution in [2.24, 2.45) is 0 Å². The molecular formula is C23H27N5O. The van der Waals surface area contributed by atoms with Crippen molar-refractivity contribution in [1.82, 2.24) is 19.8 Å². The van der Waals surface area contributed by atoms with Crippen LogP contribution in [0.3, 0.4) is 0 Å². The van der Waals surface area contributed by atoms with Gasteiger partial charge in [0.1, 0.15) is 12.1 Å². The molecule has 0 spiro atoms. The number of hydrogen-bond donors (Lipinski definition) is 0. The summed E-state index contributed by atoms with van der Waals surface area (Å²) in [5.74, 6) is 1.15. The second kappa shape index (κ2) is 8.57. The maximum atomic E-state index is 13.2. The number of likely N-dealkylation sites (N-methyl/N-ethyl adjacent to an activating group) is 1. The Balaban J connectivity index is 1.44. The van der Waals surface area contributed by atoms with Crippen LogP contribution in [0.5, 0.6) is 0 Å². The molecule has 4 rings (SSSR count). The van der Waals surface area contributed by atoms with E-state index in [2.05, 4.69) is 33.1 Å². The molecule has 29 heavy (non-hydrogen) atoms. The number of anilines is 1. The van der Waals surface area contributed by atoms with Crippen molar-refractivity contribution in [3.05, 3.63) is 66.5 Å². The number of nitrogens with zero attached hydrogens (tertiary/aromatic N) is 5. The molecular weight excluding hydrogens is 362 g/mol. The number of carbonyl (C=O) groups is 1. The lowest BCUT2D eigenvalue weighted by Gasteiger charge is -2.38. The Morgan fingerprint density at radius 2 is 1.66 bits per heavy atom. The zero-order valence-corrected chi connectivity index (χ0v) is 17.0. The predicted octanol–water partition coefficient (Wildman–Crippen LogP) is 2.45. The van der Waals surface area contributed by atoms with Gasteiger partial charge < -0.3 is 9.80 Å². The fourth-order valence-corrected chi connectivity index (χ4v) is 3.92. The van der Waals surface area contributed by atoms with Gasteiger partial charge in [-0.15, -0.1) is 0 Å². The number of benzene rings is 2. The van der Waals surface area contributed by atoms with Gasteiger partial charge in [-0.05, 0) is 38.2 Å². The highest BCUT2D eigenvalue weighted by atomic mass is 16.2. The van der Waals surface area contributed by atoms with Crippen molar-refractivity contribution >= 4 is 22.6 Å². The Morgan fingerprint density at radius 1 is 0.966 bits per heavy atom. The average Bonchev–Trinajstić information content (AvgIpc) is 2.77. The van der Waals surface area contributed by atoms with E-state index in [-0.39, 0.29) is 11.9 Å². The molecule has 0 radical (unpaired) electrons. The number of hydrogen-bond acceptors (Lipinski definition) is 5. The maximum Gasteiger partial charge on any atom is 0.240 e. The van der Waals surface area contributed by atoms with E-state index in [9.17, 15) is 4.79 Å². The number of amides is 1. The first kappa shape index (κ1) is 19.3. The Hall–Kier alpha value is -2.99. The first-order chi connectivity index (χ1) is 14.1. The van der Waals surface area contributed by atoms with Crippen molar-refractivity contribution in [1.29, 1.82) is 0 Å². The fraction of sp³-hybridized carbons (Fsp3) is 0.348. The van der Waals surface area contributed by atoms with E-state index in [0.717, 1.165) is 36.2 Å². The second-order valence-corrected chi connectivity index (χ2v) is 7.70. The number of carbonyl (C=O) groups excluding carboxylic acids is 1. The molecule has 3 aromatic rings. The van der Waals surface area contributed by atoms with Gasteiger partial charge in [-0.3, -0.25) is 9.69 Å². The van der Waals surface area contributed by atoms with Crippen LogP contribution in [-0.2, 0) is 11.2 Å². The summed E-state index contributed by atoms with van der Waals surface area (Å²) in [7, 11) is 3.96. The molecule has 1 aliphatic heterocycles. The normalized spacial score (nSPS) is 15.7. The molecule has 0 saturated carbocycles. The lowest BCUT2D eigenvalue weighted by molar-refractivity contribution is -0.136. The van der Waals surface area contributed by atoms with Gasteiger partial charge in [-0.1, -0.05) is 42.5 Å². The van der Waals surface area contributed by atoms with E-state index in [1.54, 1.807) is 6.33 Å². The van der Waals surface area contributed by atoms with Crippen molar-refractivity contribution < 1.29 is 4.79 Å². The molecule has 0 unspecified atom stereocenters. The minimum atomic E-state index is -0.149. The molecule has 1 aromatic heterocycles. The van der Waals surface area contributed by atoms with Crippen molar-refractivity contribution in [2.45, 2.75) is 12.5 Å². The molecule has 2 heterocycles. The van der Waals surface area contributed by atoms with Crippen molar-refractivity contribution in [2.75, 3.05) is 45.2 Å². The lowest BCUT2D eigenvalue weighted by Crippen LogP contribution is -2.54. The van der Waals surface area contributed by atoms with Gasteiger partial charge in [0.15, 0.2) is 0 Å². The summed E-state index contributed by atoms with van der Waals surface area (Å²) in [4.78, 5) is 28.4. The molecule has 6 heteroatoms. The summed E-state index contributed by atoms with van der Waals surface area (Å²) < 4.78 is 0. The third-order valence-corrected chi connectivity index (χ3v) is 5.59. The summed E-state index contributed by atoms with van der Waals surface area (Å²) >= 11 is 0. The van der Waals surface area contributed by atoms with E-state index in [0.29, 0.717) is 13.1 Å². The number of fused-ring (bicyclic) bond motifs is 1. The molecule has 0 bridgehead atoms. The number of aromatic nitrogens is 2. The zero-order valence-electron chi connectivity index (χ0n) is 17.0. The summed E-state index contributed by atoms with van der Waals surface area (Å²) in [6.07, 6.45) is 2.35.